The van der Waals surface area contributed by atoms with Crippen molar-refractivity contribution >= 4 is 24.2 Å². The minimum atomic E-state index is -0.905. The number of halogens is 2. The second-order valence-corrected chi connectivity index (χ2v) is 6.14. The van der Waals surface area contributed by atoms with Crippen LogP contribution in [0.5, 0.6) is 5.75 Å². The topological polar surface area (TPSA) is 75.9 Å². The molecule has 6 nitrogen and oxygen atoms in total. The van der Waals surface area contributed by atoms with E-state index in [4.69, 9.17) is 10.5 Å². The predicted molar refractivity (Wildman–Crippen MR) is 90.6 cm³/mol. The highest BCUT2D eigenvalue weighted by molar-refractivity contribution is 5.86. The molecule has 0 unspecified atom stereocenters. The van der Waals surface area contributed by atoms with Crippen molar-refractivity contribution in [2.75, 3.05) is 32.8 Å². The van der Waals surface area contributed by atoms with Gasteiger partial charge in [0.2, 0.25) is 5.91 Å². The quantitative estimate of drug-likeness (QED) is 0.871. The van der Waals surface area contributed by atoms with Crippen molar-refractivity contribution in [3.63, 3.8) is 0 Å². The summed E-state index contributed by atoms with van der Waals surface area (Å²) in [6, 6.07) is 5.50. The van der Waals surface area contributed by atoms with E-state index in [0.29, 0.717) is 31.9 Å². The van der Waals surface area contributed by atoms with E-state index in [0.717, 1.165) is 0 Å². The Balaban J connectivity index is 0.00000288. The maximum Gasteiger partial charge on any atom is 0.260 e. The van der Waals surface area contributed by atoms with E-state index >= 15 is 0 Å². The number of nitrogens with two attached hydrogens (primary N) is 1. The monoisotopic (exact) mass is 359 g/mol. The third-order valence-electron chi connectivity index (χ3n) is 3.65. The summed E-state index contributed by atoms with van der Waals surface area (Å²) in [5.41, 5.74) is 4.90. The van der Waals surface area contributed by atoms with Crippen molar-refractivity contribution in [1.29, 1.82) is 0 Å². The van der Waals surface area contributed by atoms with Crippen molar-refractivity contribution in [3.8, 4) is 5.75 Å². The molecular weight excluding hydrogens is 337 g/mol. The molecule has 2 amide bonds. The summed E-state index contributed by atoms with van der Waals surface area (Å²) in [5, 5.41) is 0. The molecule has 1 aromatic carbocycles. The van der Waals surface area contributed by atoms with Gasteiger partial charge in [-0.15, -0.1) is 12.4 Å². The molecule has 1 aliphatic heterocycles. The van der Waals surface area contributed by atoms with Crippen LogP contribution in [0.25, 0.3) is 0 Å². The Morgan fingerprint density at radius 3 is 2.12 bits per heavy atom. The first kappa shape index (κ1) is 20.2. The van der Waals surface area contributed by atoms with Gasteiger partial charge in [-0.2, -0.15) is 0 Å². The van der Waals surface area contributed by atoms with Crippen LogP contribution < -0.4 is 10.5 Å². The third kappa shape index (κ3) is 5.35. The molecule has 1 heterocycles. The average molecular weight is 360 g/mol. The van der Waals surface area contributed by atoms with Crippen LogP contribution in [0.15, 0.2) is 24.3 Å². The molecule has 2 rings (SSSR count). The molecule has 1 aromatic rings. The van der Waals surface area contributed by atoms with Gasteiger partial charge in [0.25, 0.3) is 5.91 Å². The zero-order valence-corrected chi connectivity index (χ0v) is 14.6. The zero-order valence-electron chi connectivity index (χ0n) is 13.8. The molecule has 134 valence electrons. The van der Waals surface area contributed by atoms with Crippen molar-refractivity contribution in [1.82, 2.24) is 9.80 Å². The van der Waals surface area contributed by atoms with Gasteiger partial charge < -0.3 is 20.3 Å². The Bertz CT molecular complexity index is 567. The fourth-order valence-corrected chi connectivity index (χ4v) is 2.33. The summed E-state index contributed by atoms with van der Waals surface area (Å²) in [5.74, 6) is -0.189. The highest BCUT2D eigenvalue weighted by atomic mass is 35.5. The molecule has 0 aromatic heterocycles. The number of ether oxygens (including phenoxy) is 1. The maximum absolute atomic E-state index is 12.8. The number of carbonyl (C=O) groups is 2. The lowest BCUT2D eigenvalue weighted by Crippen LogP contribution is -2.58. The molecule has 24 heavy (non-hydrogen) atoms. The van der Waals surface area contributed by atoms with Crippen LogP contribution in [-0.4, -0.2) is 59.9 Å². The van der Waals surface area contributed by atoms with Crippen LogP contribution in [0.1, 0.15) is 13.8 Å². The second kappa shape index (κ2) is 8.30. The molecule has 0 saturated carbocycles. The summed E-state index contributed by atoms with van der Waals surface area (Å²) >= 11 is 0. The Labute approximate surface area is 147 Å². The Morgan fingerprint density at radius 1 is 1.12 bits per heavy atom. The predicted octanol–water partition coefficient (Wildman–Crippen LogP) is 1.03. The van der Waals surface area contributed by atoms with Crippen molar-refractivity contribution in [2.45, 2.75) is 19.4 Å². The molecule has 0 aliphatic carbocycles. The number of rotatable bonds is 4. The average Bonchev–Trinajstić information content (AvgIpc) is 2.52. The number of hydrogen-bond donors (Lipinski definition) is 1. The van der Waals surface area contributed by atoms with Crippen LogP contribution >= 0.6 is 12.4 Å². The maximum atomic E-state index is 12.8. The smallest absolute Gasteiger partial charge is 0.260 e. The summed E-state index contributed by atoms with van der Waals surface area (Å²) < 4.78 is 18.1. The van der Waals surface area contributed by atoms with Crippen LogP contribution in [0.4, 0.5) is 4.39 Å². The van der Waals surface area contributed by atoms with E-state index in [1.54, 1.807) is 23.6 Å². The van der Waals surface area contributed by atoms with E-state index in [-0.39, 0.29) is 36.6 Å². The minimum Gasteiger partial charge on any atom is -0.484 e. The first-order valence-corrected chi connectivity index (χ1v) is 7.52. The minimum absolute atomic E-state index is 0. The zero-order chi connectivity index (χ0) is 17.0. The van der Waals surface area contributed by atoms with Gasteiger partial charge in [-0.25, -0.2) is 4.39 Å². The molecule has 2 N–H and O–H groups in total. The highest BCUT2D eigenvalue weighted by Crippen LogP contribution is 2.12. The summed E-state index contributed by atoms with van der Waals surface area (Å²) in [6.07, 6.45) is 0. The van der Waals surface area contributed by atoms with Crippen molar-refractivity contribution in [2.24, 2.45) is 5.73 Å². The van der Waals surface area contributed by atoms with Gasteiger partial charge in [0.1, 0.15) is 11.6 Å². The number of piperazine rings is 1. The van der Waals surface area contributed by atoms with Gasteiger partial charge in [-0.1, -0.05) is 0 Å². The lowest BCUT2D eigenvalue weighted by molar-refractivity contribution is -0.143. The molecular formula is C16H23ClFN3O3. The summed E-state index contributed by atoms with van der Waals surface area (Å²) in [4.78, 5) is 27.5. The first-order chi connectivity index (χ1) is 10.8. The molecule has 1 fully saturated rings. The third-order valence-corrected chi connectivity index (χ3v) is 3.65. The van der Waals surface area contributed by atoms with Gasteiger partial charge in [0.05, 0.1) is 5.54 Å². The van der Waals surface area contributed by atoms with E-state index in [2.05, 4.69) is 0 Å². The Hall–Kier alpha value is -1.86. The standard InChI is InChI=1S/C16H22FN3O3.ClH/c1-16(2,18)15(22)20-9-7-19(8-10-20)14(21)11-23-13-5-3-12(17)4-6-13;/h3-6H,7-11,18H2,1-2H3;1H. The molecule has 0 spiro atoms. The van der Waals surface area contributed by atoms with Crippen molar-refractivity contribution in [3.05, 3.63) is 30.1 Å². The fraction of sp³-hybridized carbons (Fsp3) is 0.500. The number of carbonyl (C=O) groups excluding carboxylic acids is 2. The van der Waals surface area contributed by atoms with E-state index < -0.39 is 5.54 Å². The number of benzene rings is 1. The number of hydrogen-bond acceptors (Lipinski definition) is 4. The van der Waals surface area contributed by atoms with E-state index in [1.807, 2.05) is 0 Å². The van der Waals surface area contributed by atoms with Crippen LogP contribution in [-0.2, 0) is 9.59 Å². The lowest BCUT2D eigenvalue weighted by Gasteiger charge is -2.37. The lowest BCUT2D eigenvalue weighted by atomic mass is 10.0. The molecule has 8 heteroatoms. The van der Waals surface area contributed by atoms with E-state index in [9.17, 15) is 14.0 Å². The first-order valence-electron chi connectivity index (χ1n) is 7.52. The number of nitrogens with zero attached hydrogens (tertiary/aromatic N) is 2. The molecule has 0 atom stereocenters. The van der Waals surface area contributed by atoms with Crippen molar-refractivity contribution < 1.29 is 18.7 Å². The van der Waals surface area contributed by atoms with Crippen LogP contribution in [0.3, 0.4) is 0 Å². The summed E-state index contributed by atoms with van der Waals surface area (Å²) in [7, 11) is 0. The SMILES string of the molecule is CC(C)(N)C(=O)N1CCN(C(=O)COc2ccc(F)cc2)CC1.Cl. The molecule has 1 saturated heterocycles. The Morgan fingerprint density at radius 2 is 1.62 bits per heavy atom. The van der Waals surface area contributed by atoms with Gasteiger partial charge >= 0.3 is 0 Å². The molecule has 0 bridgehead atoms. The van der Waals surface area contributed by atoms with Gasteiger partial charge in [-0.05, 0) is 38.1 Å². The Kier molecular flexibility index (Phi) is 6.98. The van der Waals surface area contributed by atoms with Crippen LogP contribution in [0.2, 0.25) is 0 Å². The molecule has 0 radical (unpaired) electrons. The summed E-state index contributed by atoms with van der Waals surface area (Å²) in [6.45, 7) is 5.05. The van der Waals surface area contributed by atoms with Gasteiger partial charge in [-0.3, -0.25) is 9.59 Å². The van der Waals surface area contributed by atoms with Gasteiger partial charge in [0, 0.05) is 26.2 Å². The fourth-order valence-electron chi connectivity index (χ4n) is 2.33. The largest absolute Gasteiger partial charge is 0.484 e. The second-order valence-electron chi connectivity index (χ2n) is 6.14. The van der Waals surface area contributed by atoms with Gasteiger partial charge in [0.15, 0.2) is 6.61 Å². The molecule has 1 aliphatic rings. The normalized spacial score (nSPS) is 14.8. The van der Waals surface area contributed by atoms with E-state index in [1.165, 1.54) is 24.3 Å². The highest BCUT2D eigenvalue weighted by Gasteiger charge is 2.31. The van der Waals surface area contributed by atoms with Crippen LogP contribution in [0, 0.1) is 5.82 Å². The number of amides is 2.